The van der Waals surface area contributed by atoms with Gasteiger partial charge < -0.3 is 20.6 Å². The van der Waals surface area contributed by atoms with Crippen LogP contribution in [0.15, 0.2) is 84.3 Å². The van der Waals surface area contributed by atoms with Gasteiger partial charge in [0.15, 0.2) is 0 Å². The summed E-state index contributed by atoms with van der Waals surface area (Å²) in [6, 6.07) is 20.2. The lowest BCUT2D eigenvalue weighted by Gasteiger charge is -2.37. The maximum absolute atomic E-state index is 12.7. The molecular formula is C27H27N5O4. The van der Waals surface area contributed by atoms with E-state index in [2.05, 4.69) is 20.4 Å². The third kappa shape index (κ3) is 5.27. The van der Waals surface area contributed by atoms with Crippen molar-refractivity contribution >= 4 is 23.2 Å². The molecule has 0 saturated carbocycles. The molecule has 1 saturated heterocycles. The van der Waals surface area contributed by atoms with Crippen LogP contribution in [-0.4, -0.2) is 53.2 Å². The van der Waals surface area contributed by atoms with Gasteiger partial charge in [-0.3, -0.25) is 19.5 Å². The van der Waals surface area contributed by atoms with Gasteiger partial charge in [-0.15, -0.1) is 0 Å². The largest absolute Gasteiger partial charge is 0.382 e. The van der Waals surface area contributed by atoms with E-state index in [-0.39, 0.29) is 17.9 Å². The van der Waals surface area contributed by atoms with Crippen LogP contribution in [0, 0.1) is 0 Å². The van der Waals surface area contributed by atoms with Crippen LogP contribution in [0.1, 0.15) is 35.3 Å². The van der Waals surface area contributed by atoms with Crippen molar-refractivity contribution in [1.29, 1.82) is 0 Å². The maximum Gasteiger partial charge on any atom is 0.268 e. The number of aromatic nitrogens is 1. The third-order valence-corrected chi connectivity index (χ3v) is 6.35. The molecule has 2 aliphatic rings. The fraction of sp³-hybridized carbons (Fsp3) is 0.259. The Morgan fingerprint density at radius 2 is 1.86 bits per heavy atom. The van der Waals surface area contributed by atoms with Crippen LogP contribution in [0.25, 0.3) is 0 Å². The number of carbonyl (C=O) groups excluding carboxylic acids is 2. The molecule has 2 aromatic carbocycles. The minimum absolute atomic E-state index is 0.220. The Balaban J connectivity index is 1.20. The van der Waals surface area contributed by atoms with Crippen LogP contribution in [0.3, 0.4) is 0 Å². The number of carbonyl (C=O) groups is 2. The number of pyridine rings is 1. The molecule has 184 valence electrons. The lowest BCUT2D eigenvalue weighted by Crippen LogP contribution is -2.45. The molecule has 2 aliphatic heterocycles. The number of nitrogens with one attached hydrogen (secondary N) is 1. The van der Waals surface area contributed by atoms with Gasteiger partial charge in [0.25, 0.3) is 5.91 Å². The van der Waals surface area contributed by atoms with Gasteiger partial charge >= 0.3 is 0 Å². The van der Waals surface area contributed by atoms with Gasteiger partial charge in [-0.25, -0.2) is 0 Å². The van der Waals surface area contributed by atoms with Crippen LogP contribution >= 0.6 is 0 Å². The molecule has 3 aromatic rings. The van der Waals surface area contributed by atoms with Crippen LogP contribution in [0.2, 0.25) is 0 Å². The smallest absolute Gasteiger partial charge is 0.268 e. The van der Waals surface area contributed by atoms with E-state index in [9.17, 15) is 9.59 Å². The first kappa shape index (κ1) is 23.7. The lowest BCUT2D eigenvalue weighted by molar-refractivity contribution is -0.127. The summed E-state index contributed by atoms with van der Waals surface area (Å²) in [5.41, 5.74) is 9.76. The van der Waals surface area contributed by atoms with E-state index in [0.717, 1.165) is 16.7 Å². The first-order chi connectivity index (χ1) is 17.6. The Morgan fingerprint density at radius 3 is 2.58 bits per heavy atom. The van der Waals surface area contributed by atoms with E-state index in [1.54, 1.807) is 12.4 Å². The van der Waals surface area contributed by atoms with Gasteiger partial charge in [-0.2, -0.15) is 0 Å². The molecule has 0 bridgehead atoms. The van der Waals surface area contributed by atoms with Gasteiger partial charge in [0.05, 0.1) is 18.4 Å². The van der Waals surface area contributed by atoms with Gasteiger partial charge in [0, 0.05) is 43.2 Å². The average Bonchev–Trinajstić information content (AvgIpc) is 3.41. The number of ether oxygens (including phenoxy) is 1. The second kappa shape index (κ2) is 10.7. The highest BCUT2D eigenvalue weighted by atomic mass is 16.6. The number of nitrogens with zero attached hydrogens (tertiary/aromatic N) is 3. The molecule has 0 spiro atoms. The number of primary amides is 1. The summed E-state index contributed by atoms with van der Waals surface area (Å²) in [6.45, 7) is 1.62. The van der Waals surface area contributed by atoms with Crippen molar-refractivity contribution in [3.8, 4) is 0 Å². The highest BCUT2D eigenvalue weighted by Crippen LogP contribution is 2.29. The molecule has 36 heavy (non-hydrogen) atoms. The summed E-state index contributed by atoms with van der Waals surface area (Å²) in [5, 5.41) is 6.93. The normalized spacial score (nSPS) is 20.7. The molecule has 1 aromatic heterocycles. The molecular weight excluding hydrogens is 458 g/mol. The molecule has 3 heterocycles. The Hall–Kier alpha value is -4.08. The molecule has 3 N–H and O–H groups in total. The molecule has 0 radical (unpaired) electrons. The summed E-state index contributed by atoms with van der Waals surface area (Å²) in [4.78, 5) is 36.5. The lowest BCUT2D eigenvalue weighted by atomic mass is 10.0. The van der Waals surface area contributed by atoms with Gasteiger partial charge in [0.2, 0.25) is 12.0 Å². The molecule has 5 rings (SSSR count). The number of benzene rings is 2. The number of hydrogen-bond acceptors (Lipinski definition) is 7. The van der Waals surface area contributed by atoms with E-state index >= 15 is 0 Å². The number of morpholine rings is 1. The van der Waals surface area contributed by atoms with E-state index in [1.807, 2.05) is 66.7 Å². The predicted molar refractivity (Wildman–Crippen MR) is 134 cm³/mol. The molecule has 9 nitrogen and oxygen atoms in total. The average molecular weight is 486 g/mol. The highest BCUT2D eigenvalue weighted by Gasteiger charge is 2.32. The van der Waals surface area contributed by atoms with Gasteiger partial charge in [-0.05, 0) is 35.4 Å². The predicted octanol–water partition coefficient (Wildman–Crippen LogP) is 2.81. The first-order valence-electron chi connectivity index (χ1n) is 11.8. The Bertz CT molecular complexity index is 1230. The van der Waals surface area contributed by atoms with Crippen LogP contribution < -0.4 is 11.1 Å². The van der Waals surface area contributed by atoms with Crippen molar-refractivity contribution in [2.75, 3.05) is 25.0 Å². The van der Waals surface area contributed by atoms with Crippen molar-refractivity contribution in [2.45, 2.75) is 24.7 Å². The number of amides is 2. The molecule has 3 atom stereocenters. The van der Waals surface area contributed by atoms with Crippen LogP contribution in [-0.2, 0) is 19.2 Å². The summed E-state index contributed by atoms with van der Waals surface area (Å²) < 4.78 is 5.99. The Morgan fingerprint density at radius 1 is 1.06 bits per heavy atom. The maximum atomic E-state index is 12.7. The number of anilines is 1. The van der Waals surface area contributed by atoms with Crippen LogP contribution in [0.5, 0.6) is 0 Å². The van der Waals surface area contributed by atoms with Crippen molar-refractivity contribution in [3.63, 3.8) is 0 Å². The molecule has 1 fully saturated rings. The van der Waals surface area contributed by atoms with Crippen molar-refractivity contribution in [1.82, 2.24) is 9.88 Å². The van der Waals surface area contributed by atoms with Crippen molar-refractivity contribution in [3.05, 3.63) is 95.8 Å². The third-order valence-electron chi connectivity index (χ3n) is 6.35. The SMILES string of the molecule is NC(=O)C(c1ccccc1)N1CCOC(c2ccc(NC(=O)C3CC(c4cccnc4)=NO3)cc2)C1. The highest BCUT2D eigenvalue weighted by molar-refractivity contribution is 6.05. The summed E-state index contributed by atoms with van der Waals surface area (Å²) in [7, 11) is 0. The Labute approximate surface area is 208 Å². The monoisotopic (exact) mass is 485 g/mol. The minimum Gasteiger partial charge on any atom is -0.382 e. The zero-order valence-corrected chi connectivity index (χ0v) is 19.6. The zero-order valence-electron chi connectivity index (χ0n) is 19.6. The van der Waals surface area contributed by atoms with Crippen LogP contribution in [0.4, 0.5) is 5.69 Å². The standard InChI is InChI=1S/C27H27N5O4/c28-26(33)25(19-5-2-1-3-6-19)32-13-14-35-24(17-32)18-8-10-21(11-9-18)30-27(34)23-15-22(31-36-23)20-7-4-12-29-16-20/h1-12,16,23-25H,13-15,17H2,(H2,28,33)(H,30,34). The first-order valence-corrected chi connectivity index (χ1v) is 11.8. The Kier molecular flexibility index (Phi) is 7.01. The second-order valence-electron chi connectivity index (χ2n) is 8.76. The number of oxime groups is 1. The number of hydrogen-bond donors (Lipinski definition) is 2. The summed E-state index contributed by atoms with van der Waals surface area (Å²) in [6.07, 6.45) is 2.84. The molecule has 2 amide bonds. The van der Waals surface area contributed by atoms with E-state index in [1.165, 1.54) is 0 Å². The minimum atomic E-state index is -0.696. The molecule has 9 heteroatoms. The van der Waals surface area contributed by atoms with Gasteiger partial charge in [-0.1, -0.05) is 47.6 Å². The van der Waals surface area contributed by atoms with E-state index < -0.39 is 12.1 Å². The topological polar surface area (TPSA) is 119 Å². The van der Waals surface area contributed by atoms with E-state index in [0.29, 0.717) is 37.5 Å². The molecule has 3 unspecified atom stereocenters. The van der Waals surface area contributed by atoms with Crippen molar-refractivity contribution < 1.29 is 19.2 Å². The second-order valence-corrected chi connectivity index (χ2v) is 8.76. The zero-order chi connectivity index (χ0) is 24.9. The summed E-state index contributed by atoms with van der Waals surface area (Å²) in [5.74, 6) is -0.651. The number of nitrogens with two attached hydrogens (primary N) is 1. The fourth-order valence-corrected chi connectivity index (χ4v) is 4.52. The van der Waals surface area contributed by atoms with Crippen molar-refractivity contribution in [2.24, 2.45) is 10.9 Å². The fourth-order valence-electron chi connectivity index (χ4n) is 4.52. The van der Waals surface area contributed by atoms with Gasteiger partial charge in [0.1, 0.15) is 6.04 Å². The summed E-state index contributed by atoms with van der Waals surface area (Å²) >= 11 is 0. The molecule has 0 aliphatic carbocycles. The number of rotatable bonds is 7. The quantitative estimate of drug-likeness (QED) is 0.531. The van der Waals surface area contributed by atoms with E-state index in [4.69, 9.17) is 15.3 Å².